The zero-order valence-electron chi connectivity index (χ0n) is 20.3. The number of nitrogens with zero attached hydrogens (tertiary/aromatic N) is 4. The highest BCUT2D eigenvalue weighted by molar-refractivity contribution is 9.10. The molecule has 11 nitrogen and oxygen atoms in total. The van der Waals surface area contributed by atoms with Gasteiger partial charge >= 0.3 is 6.18 Å². The van der Waals surface area contributed by atoms with Crippen LogP contribution in [0.4, 0.5) is 19.1 Å². The average Bonchev–Trinajstić information content (AvgIpc) is 3.25. The maximum Gasteiger partial charge on any atom is 0.419 e. The Kier molecular flexibility index (Phi) is 9.21. The van der Waals surface area contributed by atoms with Crippen molar-refractivity contribution in [1.82, 2.24) is 31.0 Å². The van der Waals surface area contributed by atoms with Gasteiger partial charge in [-0.2, -0.15) is 13.2 Å². The molecule has 3 fully saturated rings. The number of hydrazine groups is 1. The molecule has 0 saturated carbocycles. The van der Waals surface area contributed by atoms with Gasteiger partial charge in [0.1, 0.15) is 10.9 Å². The smallest absolute Gasteiger partial charge is 0.383 e. The molecule has 0 aliphatic carbocycles. The SMILES string of the molecule is COC[C@@H](CO[C@@H]1CCN(C2CCN(c3ncc(C(F)(F)F)cn3)CC2)C1=O)NC1CNNC(=O)C1Br. The predicted octanol–water partition coefficient (Wildman–Crippen LogP) is 0.453. The van der Waals surface area contributed by atoms with Crippen molar-refractivity contribution in [2.45, 2.75) is 54.5 Å². The van der Waals surface area contributed by atoms with Crippen molar-refractivity contribution in [3.05, 3.63) is 18.0 Å². The number of carbonyl (C=O) groups is 2. The van der Waals surface area contributed by atoms with E-state index < -0.39 is 22.7 Å². The highest BCUT2D eigenvalue weighted by atomic mass is 79.9. The number of ether oxygens (including phenoxy) is 2. The van der Waals surface area contributed by atoms with Crippen LogP contribution in [0, 0.1) is 0 Å². The fourth-order valence-corrected chi connectivity index (χ4v) is 5.28. The van der Waals surface area contributed by atoms with E-state index in [1.54, 1.807) is 7.11 Å². The van der Waals surface area contributed by atoms with Crippen LogP contribution in [0.3, 0.4) is 0 Å². The van der Waals surface area contributed by atoms with E-state index in [1.807, 2.05) is 9.80 Å². The number of rotatable bonds is 9. The first-order valence-electron chi connectivity index (χ1n) is 12.2. The van der Waals surface area contributed by atoms with Gasteiger partial charge < -0.3 is 24.6 Å². The number of amides is 2. The highest BCUT2D eigenvalue weighted by Gasteiger charge is 2.39. The quantitative estimate of drug-likeness (QED) is 0.350. The summed E-state index contributed by atoms with van der Waals surface area (Å²) in [6, 6.07) is -0.357. The number of carbonyl (C=O) groups excluding carboxylic acids is 2. The number of alkyl halides is 4. The molecule has 4 rings (SSSR count). The van der Waals surface area contributed by atoms with Gasteiger partial charge in [0.05, 0.1) is 24.8 Å². The Labute approximate surface area is 220 Å². The lowest BCUT2D eigenvalue weighted by atomic mass is 10.0. The summed E-state index contributed by atoms with van der Waals surface area (Å²) in [5, 5.41) is 3.36. The van der Waals surface area contributed by atoms with E-state index >= 15 is 0 Å². The number of piperidine rings is 1. The maximum atomic E-state index is 13.1. The molecule has 0 spiro atoms. The molecule has 0 bridgehead atoms. The van der Waals surface area contributed by atoms with Gasteiger partial charge in [0.25, 0.3) is 5.91 Å². The zero-order chi connectivity index (χ0) is 26.6. The third-order valence-corrected chi connectivity index (χ3v) is 7.85. The van der Waals surface area contributed by atoms with Crippen LogP contribution in [0.2, 0.25) is 0 Å². The minimum atomic E-state index is -4.47. The molecule has 1 aromatic rings. The second-order valence-electron chi connectivity index (χ2n) is 9.33. The Hall–Kier alpha value is -2.07. The van der Waals surface area contributed by atoms with Crippen molar-refractivity contribution in [3.63, 3.8) is 0 Å². The number of halogens is 4. The first kappa shape index (κ1) is 28.0. The topological polar surface area (TPSA) is 121 Å². The Balaban J connectivity index is 1.25. The molecule has 37 heavy (non-hydrogen) atoms. The van der Waals surface area contributed by atoms with Crippen molar-refractivity contribution < 1.29 is 32.2 Å². The lowest BCUT2D eigenvalue weighted by molar-refractivity contribution is -0.140. The molecule has 3 aliphatic heterocycles. The second-order valence-corrected chi connectivity index (χ2v) is 10.3. The zero-order valence-corrected chi connectivity index (χ0v) is 21.9. The summed E-state index contributed by atoms with van der Waals surface area (Å²) in [4.78, 5) is 36.0. The minimum Gasteiger partial charge on any atom is -0.383 e. The highest BCUT2D eigenvalue weighted by Crippen LogP contribution is 2.29. The monoisotopic (exact) mass is 593 g/mol. The van der Waals surface area contributed by atoms with E-state index in [0.29, 0.717) is 52.0 Å². The first-order chi connectivity index (χ1) is 17.7. The van der Waals surface area contributed by atoms with Crippen molar-refractivity contribution in [2.75, 3.05) is 51.4 Å². The Morgan fingerprint density at radius 3 is 2.51 bits per heavy atom. The Morgan fingerprint density at radius 2 is 1.86 bits per heavy atom. The van der Waals surface area contributed by atoms with Crippen molar-refractivity contribution in [2.24, 2.45) is 0 Å². The fraction of sp³-hybridized carbons (Fsp3) is 0.727. The largest absolute Gasteiger partial charge is 0.419 e. The van der Waals surface area contributed by atoms with Crippen LogP contribution in [-0.2, 0) is 25.2 Å². The molecule has 3 saturated heterocycles. The summed E-state index contributed by atoms with van der Waals surface area (Å²) in [5.41, 5.74) is 4.53. The standard InChI is InChI=1S/C22H31BrF3N7O4/c1-36-11-14(30-16-10-29-31-19(34)18(16)23)12-37-17-4-7-33(20(17)35)15-2-5-32(6-3-15)21-27-8-13(9-28-21)22(24,25)26/h8-9,14-18,29-30H,2-7,10-12H2,1H3,(H,31,34)/t14-,16?,17+,18?/m0/s1. The van der Waals surface area contributed by atoms with Gasteiger partial charge in [0.2, 0.25) is 11.9 Å². The molecule has 0 aromatic carbocycles. The maximum absolute atomic E-state index is 13.1. The van der Waals surface area contributed by atoms with E-state index in [0.717, 1.165) is 12.4 Å². The van der Waals surface area contributed by atoms with Crippen LogP contribution >= 0.6 is 15.9 Å². The van der Waals surface area contributed by atoms with Gasteiger partial charge in [-0.05, 0) is 12.8 Å². The van der Waals surface area contributed by atoms with Gasteiger partial charge in [-0.15, -0.1) is 0 Å². The van der Waals surface area contributed by atoms with E-state index in [2.05, 4.69) is 42.1 Å². The number of nitrogens with one attached hydrogen (secondary N) is 3. The van der Waals surface area contributed by atoms with Crippen LogP contribution in [0.15, 0.2) is 12.4 Å². The average molecular weight is 594 g/mol. The number of hydrogen-bond donors (Lipinski definition) is 3. The molecule has 3 aliphatic rings. The Bertz CT molecular complexity index is 934. The van der Waals surface area contributed by atoms with E-state index in [9.17, 15) is 22.8 Å². The molecule has 3 N–H and O–H groups in total. The van der Waals surface area contributed by atoms with Gasteiger partial charge in [-0.25, -0.2) is 15.4 Å². The van der Waals surface area contributed by atoms with E-state index in [4.69, 9.17) is 9.47 Å². The predicted molar refractivity (Wildman–Crippen MR) is 130 cm³/mol. The van der Waals surface area contributed by atoms with Crippen molar-refractivity contribution in [1.29, 1.82) is 0 Å². The summed E-state index contributed by atoms with van der Waals surface area (Å²) >= 11 is 3.40. The van der Waals surface area contributed by atoms with Crippen LogP contribution in [0.1, 0.15) is 24.8 Å². The summed E-state index contributed by atoms with van der Waals surface area (Å²) in [6.07, 6.45) is -1.52. The molecule has 2 amide bonds. The summed E-state index contributed by atoms with van der Waals surface area (Å²) in [6.45, 7) is 2.80. The molecular formula is C22H31BrF3N7O4. The molecule has 1 aromatic heterocycles. The fourth-order valence-electron chi connectivity index (χ4n) is 4.83. The van der Waals surface area contributed by atoms with Gasteiger partial charge in [-0.3, -0.25) is 15.0 Å². The van der Waals surface area contributed by atoms with Gasteiger partial charge in [-0.1, -0.05) is 15.9 Å². The third kappa shape index (κ3) is 6.88. The molecule has 4 heterocycles. The normalized spacial score (nSPS) is 26.5. The molecule has 2 unspecified atom stereocenters. The number of anilines is 1. The van der Waals surface area contributed by atoms with E-state index in [1.165, 1.54) is 0 Å². The molecule has 4 atom stereocenters. The van der Waals surface area contributed by atoms with E-state index in [-0.39, 0.29) is 42.5 Å². The lowest BCUT2D eigenvalue weighted by Crippen LogP contribution is -2.63. The molecular weight excluding hydrogens is 563 g/mol. The van der Waals surface area contributed by atoms with Crippen LogP contribution in [-0.4, -0.2) is 102 Å². The van der Waals surface area contributed by atoms with Gasteiger partial charge in [0.15, 0.2) is 0 Å². The number of methoxy groups -OCH3 is 1. The second kappa shape index (κ2) is 12.2. The first-order valence-corrected chi connectivity index (χ1v) is 13.1. The molecule has 15 heteroatoms. The summed E-state index contributed by atoms with van der Waals surface area (Å²) in [7, 11) is 1.58. The van der Waals surface area contributed by atoms with Crippen LogP contribution in [0.25, 0.3) is 0 Å². The van der Waals surface area contributed by atoms with Crippen LogP contribution < -0.4 is 21.1 Å². The van der Waals surface area contributed by atoms with Crippen molar-refractivity contribution in [3.8, 4) is 0 Å². The number of likely N-dealkylation sites (tertiary alicyclic amines) is 1. The van der Waals surface area contributed by atoms with Crippen LogP contribution in [0.5, 0.6) is 0 Å². The summed E-state index contributed by atoms with van der Waals surface area (Å²) in [5.74, 6) is 0.0318. The Morgan fingerprint density at radius 1 is 1.16 bits per heavy atom. The molecule has 206 valence electrons. The van der Waals surface area contributed by atoms with Gasteiger partial charge in [0, 0.05) is 64.2 Å². The lowest BCUT2D eigenvalue weighted by Gasteiger charge is -2.36. The third-order valence-electron chi connectivity index (χ3n) is 6.80. The molecule has 0 radical (unpaired) electrons. The summed E-state index contributed by atoms with van der Waals surface area (Å²) < 4.78 is 49.6. The number of hydrogen-bond acceptors (Lipinski definition) is 9. The van der Waals surface area contributed by atoms with Crippen molar-refractivity contribution >= 4 is 33.7 Å². The number of aromatic nitrogens is 2. The minimum absolute atomic E-state index is 0.0284.